The molecule has 1 saturated heterocycles. The third-order valence-electron chi connectivity index (χ3n) is 7.97. The lowest BCUT2D eigenvalue weighted by Gasteiger charge is -2.42. The third kappa shape index (κ3) is 3.38. The van der Waals surface area contributed by atoms with Crippen LogP contribution < -0.4 is 16.0 Å². The van der Waals surface area contributed by atoms with Crippen molar-refractivity contribution in [3.63, 3.8) is 0 Å². The van der Waals surface area contributed by atoms with E-state index in [1.165, 1.54) is 5.56 Å². The van der Waals surface area contributed by atoms with Crippen molar-refractivity contribution in [1.29, 1.82) is 0 Å². The number of halogens is 1. The molecule has 0 aromatic carbocycles. The molecule has 5 heterocycles. The highest BCUT2D eigenvalue weighted by molar-refractivity contribution is 6.35. The number of imidazole rings is 1. The lowest BCUT2D eigenvalue weighted by atomic mass is 9.73. The van der Waals surface area contributed by atoms with Crippen molar-refractivity contribution in [2.75, 3.05) is 23.3 Å². The van der Waals surface area contributed by atoms with E-state index in [0.29, 0.717) is 11.1 Å². The number of aromatic nitrogens is 5. The highest BCUT2D eigenvalue weighted by Crippen LogP contribution is 2.50. The Balaban J connectivity index is 1.17. The molecule has 178 valence electrons. The fourth-order valence-electron chi connectivity index (χ4n) is 5.81. The number of anilines is 2. The molecule has 7 rings (SSSR count). The topological polar surface area (TPSA) is 97.3 Å². The second-order valence-electron chi connectivity index (χ2n) is 10.1. The Bertz CT molecular complexity index is 1420. The van der Waals surface area contributed by atoms with Crippen molar-refractivity contribution >= 4 is 28.8 Å². The molecular formula is C26H27ClN8. The molecular weight excluding hydrogens is 460 g/mol. The van der Waals surface area contributed by atoms with Gasteiger partial charge in [-0.15, -0.1) is 0 Å². The molecule has 2 fully saturated rings. The predicted octanol–water partition coefficient (Wildman–Crippen LogP) is 4.26. The minimum Gasteiger partial charge on any atom is -0.366 e. The molecule has 0 amide bonds. The van der Waals surface area contributed by atoms with Crippen molar-refractivity contribution in [3.05, 3.63) is 65.5 Å². The van der Waals surface area contributed by atoms with Crippen LogP contribution in [0.15, 0.2) is 49.2 Å². The summed E-state index contributed by atoms with van der Waals surface area (Å²) < 4.78 is 2.08. The van der Waals surface area contributed by atoms with Crippen LogP contribution in [0.25, 0.3) is 16.9 Å². The smallest absolute Gasteiger partial charge is 0.154 e. The summed E-state index contributed by atoms with van der Waals surface area (Å²) in [6, 6.07) is 6.59. The number of fused-ring (bicyclic) bond motifs is 2. The predicted molar refractivity (Wildman–Crippen MR) is 137 cm³/mol. The largest absolute Gasteiger partial charge is 0.366 e. The van der Waals surface area contributed by atoms with Crippen LogP contribution in [0, 0.1) is 5.41 Å². The van der Waals surface area contributed by atoms with Crippen molar-refractivity contribution in [2.45, 2.75) is 44.2 Å². The quantitative estimate of drug-likeness (QED) is 0.445. The van der Waals surface area contributed by atoms with Gasteiger partial charge in [0, 0.05) is 49.5 Å². The molecule has 2 aliphatic carbocycles. The van der Waals surface area contributed by atoms with Gasteiger partial charge in [0.25, 0.3) is 0 Å². The van der Waals surface area contributed by atoms with Crippen LogP contribution in [-0.2, 0) is 6.42 Å². The molecule has 3 N–H and O–H groups in total. The van der Waals surface area contributed by atoms with Gasteiger partial charge in [-0.25, -0.2) is 15.0 Å². The second kappa shape index (κ2) is 7.90. The van der Waals surface area contributed by atoms with Crippen LogP contribution in [0.4, 0.5) is 11.6 Å². The number of nitrogens with two attached hydrogens (primary N) is 1. The summed E-state index contributed by atoms with van der Waals surface area (Å²) in [6.07, 6.45) is 14.7. The fraction of sp³-hybridized carbons (Fsp3) is 0.385. The Labute approximate surface area is 208 Å². The number of hydrogen-bond donors (Lipinski definition) is 2. The third-order valence-corrected chi connectivity index (χ3v) is 8.35. The summed E-state index contributed by atoms with van der Waals surface area (Å²) in [7, 11) is 0. The average Bonchev–Trinajstić information content (AvgIpc) is 3.54. The van der Waals surface area contributed by atoms with E-state index < -0.39 is 0 Å². The van der Waals surface area contributed by atoms with E-state index in [1.54, 1.807) is 6.20 Å². The molecule has 0 radical (unpaired) electrons. The van der Waals surface area contributed by atoms with Gasteiger partial charge in [-0.1, -0.05) is 17.7 Å². The van der Waals surface area contributed by atoms with Gasteiger partial charge in [0.15, 0.2) is 5.82 Å². The van der Waals surface area contributed by atoms with E-state index >= 15 is 0 Å². The van der Waals surface area contributed by atoms with Gasteiger partial charge in [0.2, 0.25) is 0 Å². The number of rotatable bonds is 4. The van der Waals surface area contributed by atoms with E-state index in [4.69, 9.17) is 27.3 Å². The Morgan fingerprint density at radius 2 is 1.89 bits per heavy atom. The highest BCUT2D eigenvalue weighted by Gasteiger charge is 2.47. The van der Waals surface area contributed by atoms with Crippen LogP contribution in [-0.4, -0.2) is 43.5 Å². The van der Waals surface area contributed by atoms with E-state index in [2.05, 4.69) is 30.7 Å². The van der Waals surface area contributed by atoms with Crippen molar-refractivity contribution in [3.8, 4) is 11.4 Å². The summed E-state index contributed by atoms with van der Waals surface area (Å²) in [5.41, 5.74) is 11.0. The van der Waals surface area contributed by atoms with E-state index in [-0.39, 0.29) is 11.5 Å². The second-order valence-corrected chi connectivity index (χ2v) is 10.5. The Kier molecular flexibility index (Phi) is 4.76. The van der Waals surface area contributed by atoms with Crippen LogP contribution in [0.5, 0.6) is 0 Å². The first-order chi connectivity index (χ1) is 17.1. The SMILES string of the molecule is N[C@@H]1c2ncccc2CC12CCN(c1nccn3c(-c4ccnc(NC5CC5)c4Cl)ncc13)CC2. The summed E-state index contributed by atoms with van der Waals surface area (Å²) in [5, 5.41) is 4.02. The first kappa shape index (κ1) is 21.1. The molecule has 8 nitrogen and oxygen atoms in total. The molecule has 35 heavy (non-hydrogen) atoms. The normalized spacial score (nSPS) is 21.0. The minimum atomic E-state index is -0.00144. The Morgan fingerprint density at radius 1 is 1.03 bits per heavy atom. The van der Waals surface area contributed by atoms with Crippen LogP contribution in [0.1, 0.15) is 43.0 Å². The summed E-state index contributed by atoms with van der Waals surface area (Å²) in [4.78, 5) is 20.9. The zero-order valence-electron chi connectivity index (χ0n) is 19.4. The number of pyridine rings is 2. The Hall–Kier alpha value is -3.23. The van der Waals surface area contributed by atoms with E-state index in [9.17, 15) is 0 Å². The first-order valence-electron chi connectivity index (χ1n) is 12.3. The monoisotopic (exact) mass is 486 g/mol. The maximum Gasteiger partial charge on any atom is 0.154 e. The molecule has 3 aliphatic rings. The van der Waals surface area contributed by atoms with E-state index in [0.717, 1.165) is 79.4 Å². The maximum absolute atomic E-state index is 6.76. The molecule has 1 spiro atoms. The number of hydrogen-bond acceptors (Lipinski definition) is 7. The maximum atomic E-state index is 6.76. The zero-order chi connectivity index (χ0) is 23.6. The van der Waals surface area contributed by atoms with Crippen molar-refractivity contribution in [1.82, 2.24) is 24.3 Å². The summed E-state index contributed by atoms with van der Waals surface area (Å²) >= 11 is 6.76. The number of nitrogens with zero attached hydrogens (tertiary/aromatic N) is 6. The van der Waals surface area contributed by atoms with Gasteiger partial charge < -0.3 is 16.0 Å². The van der Waals surface area contributed by atoms with Crippen LogP contribution in [0.3, 0.4) is 0 Å². The lowest BCUT2D eigenvalue weighted by Crippen LogP contribution is -2.44. The van der Waals surface area contributed by atoms with Crippen molar-refractivity contribution < 1.29 is 0 Å². The number of nitrogens with one attached hydrogen (secondary N) is 1. The summed E-state index contributed by atoms with van der Waals surface area (Å²) in [5.74, 6) is 2.47. The molecule has 0 unspecified atom stereocenters. The first-order valence-corrected chi connectivity index (χ1v) is 12.7. The average molecular weight is 487 g/mol. The lowest BCUT2D eigenvalue weighted by molar-refractivity contribution is 0.186. The molecule has 0 bridgehead atoms. The minimum absolute atomic E-state index is 0.00144. The highest BCUT2D eigenvalue weighted by atomic mass is 35.5. The van der Waals surface area contributed by atoms with Crippen LogP contribution >= 0.6 is 11.6 Å². The van der Waals surface area contributed by atoms with Crippen molar-refractivity contribution in [2.24, 2.45) is 11.1 Å². The Morgan fingerprint density at radius 3 is 2.69 bits per heavy atom. The zero-order valence-corrected chi connectivity index (χ0v) is 20.1. The molecule has 4 aromatic rings. The fourth-order valence-corrected chi connectivity index (χ4v) is 6.06. The van der Waals surface area contributed by atoms with Gasteiger partial charge in [0.1, 0.15) is 17.2 Å². The van der Waals surface area contributed by atoms with E-state index in [1.807, 2.05) is 36.9 Å². The van der Waals surface area contributed by atoms with Gasteiger partial charge >= 0.3 is 0 Å². The van der Waals surface area contributed by atoms with Gasteiger partial charge in [0.05, 0.1) is 23.0 Å². The molecule has 4 aromatic heterocycles. The van der Waals surface area contributed by atoms with Gasteiger partial charge in [-0.2, -0.15) is 0 Å². The van der Waals surface area contributed by atoms with Gasteiger partial charge in [-0.3, -0.25) is 9.38 Å². The standard InChI is InChI=1S/C26H27ClN8/c27-20-18(5-9-30-23(20)33-17-3-4-17)24-32-15-19-25(31-10-13-35(19)24)34-11-6-26(7-12-34)14-16-2-1-8-29-21(16)22(26)28/h1-2,5,8-10,13,15,17,22H,3-4,6-7,11-12,14,28H2,(H,30,33)/t22-/m1/s1. The molecule has 9 heteroatoms. The molecule has 1 saturated carbocycles. The molecule has 1 atom stereocenters. The van der Waals surface area contributed by atoms with Gasteiger partial charge in [-0.05, 0) is 55.2 Å². The number of piperidine rings is 1. The van der Waals surface area contributed by atoms with Crippen LogP contribution in [0.2, 0.25) is 5.02 Å². The summed E-state index contributed by atoms with van der Waals surface area (Å²) in [6.45, 7) is 1.81. The molecule has 1 aliphatic heterocycles.